The van der Waals surface area contributed by atoms with Gasteiger partial charge in [0.25, 0.3) is 0 Å². The lowest BCUT2D eigenvalue weighted by molar-refractivity contribution is -0.122. The van der Waals surface area contributed by atoms with E-state index < -0.39 is 0 Å². The van der Waals surface area contributed by atoms with Gasteiger partial charge < -0.3 is 15.5 Å². The summed E-state index contributed by atoms with van der Waals surface area (Å²) in [5, 5.41) is 6.31. The van der Waals surface area contributed by atoms with E-state index in [1.54, 1.807) is 11.0 Å². The molecule has 0 aromatic heterocycles. The zero-order valence-corrected chi connectivity index (χ0v) is 18.5. The molecule has 0 heterocycles. The minimum absolute atomic E-state index is 0. The molecule has 1 saturated carbocycles. The van der Waals surface area contributed by atoms with Crippen molar-refractivity contribution in [3.05, 3.63) is 35.6 Å². The number of hydrogen-bond acceptors (Lipinski definition) is 2. The standard InChI is InChI=1S/C19H29FN4O.HI/c1-6-21-18(24(5)12-17(25)23-19(2,3)4)22-16-11-14(16)13-9-7-8-10-15(13)20;/h7-10,14,16H,6,11-12H2,1-5H3,(H,21,22)(H,23,25);1H. The zero-order valence-electron chi connectivity index (χ0n) is 16.2. The van der Waals surface area contributed by atoms with Gasteiger partial charge in [-0.2, -0.15) is 0 Å². The van der Waals surface area contributed by atoms with Gasteiger partial charge in [0, 0.05) is 31.1 Å². The van der Waals surface area contributed by atoms with Gasteiger partial charge in [-0.25, -0.2) is 4.39 Å². The van der Waals surface area contributed by atoms with Crippen molar-refractivity contribution in [1.29, 1.82) is 0 Å². The Balaban J connectivity index is 0.00000338. The molecule has 26 heavy (non-hydrogen) atoms. The highest BCUT2D eigenvalue weighted by Crippen LogP contribution is 2.41. The third-order valence-corrected chi connectivity index (χ3v) is 3.97. The maximum atomic E-state index is 13.9. The van der Waals surface area contributed by atoms with Gasteiger partial charge in [-0.05, 0) is 45.7 Å². The summed E-state index contributed by atoms with van der Waals surface area (Å²) in [5.41, 5.74) is 0.476. The Morgan fingerprint density at radius 1 is 1.35 bits per heavy atom. The van der Waals surface area contributed by atoms with E-state index in [2.05, 4.69) is 15.6 Å². The van der Waals surface area contributed by atoms with E-state index in [1.165, 1.54) is 6.07 Å². The Bertz CT molecular complexity index is 645. The van der Waals surface area contributed by atoms with Crippen LogP contribution in [0, 0.1) is 5.82 Å². The number of halogens is 2. The Morgan fingerprint density at radius 3 is 2.58 bits per heavy atom. The fourth-order valence-electron chi connectivity index (χ4n) is 2.81. The fourth-order valence-corrected chi connectivity index (χ4v) is 2.81. The third kappa shape index (κ3) is 6.74. The lowest BCUT2D eigenvalue weighted by Crippen LogP contribution is -2.49. The van der Waals surface area contributed by atoms with Crippen LogP contribution in [0.15, 0.2) is 29.3 Å². The van der Waals surface area contributed by atoms with Crippen molar-refractivity contribution >= 4 is 35.8 Å². The highest BCUT2D eigenvalue weighted by Gasteiger charge is 2.41. The van der Waals surface area contributed by atoms with Crippen molar-refractivity contribution in [1.82, 2.24) is 15.5 Å². The second kappa shape index (κ2) is 9.53. The lowest BCUT2D eigenvalue weighted by atomic mass is 10.1. The molecule has 0 radical (unpaired) electrons. The van der Waals surface area contributed by atoms with Gasteiger partial charge in [0.2, 0.25) is 5.91 Å². The zero-order chi connectivity index (χ0) is 18.6. The van der Waals surface area contributed by atoms with Crippen LogP contribution in [0.5, 0.6) is 0 Å². The summed E-state index contributed by atoms with van der Waals surface area (Å²) in [5.74, 6) is 0.612. The Labute approximate surface area is 172 Å². The summed E-state index contributed by atoms with van der Waals surface area (Å²) in [6.07, 6.45) is 0.867. The number of nitrogens with one attached hydrogen (secondary N) is 2. The number of aliphatic imine (C=N–C) groups is 1. The number of amides is 1. The SMILES string of the molecule is CCN=C(NC1CC1c1ccccc1F)N(C)CC(=O)NC(C)(C)C.I. The number of likely N-dealkylation sites (N-methyl/N-ethyl adjacent to an activating group) is 1. The average Bonchev–Trinajstić information content (AvgIpc) is 3.24. The number of rotatable bonds is 5. The molecular formula is C19H30FIN4O. The molecule has 1 aliphatic carbocycles. The Morgan fingerprint density at radius 2 is 2.00 bits per heavy atom. The first-order valence-corrected chi connectivity index (χ1v) is 8.79. The number of hydrogen-bond donors (Lipinski definition) is 2. The molecule has 2 atom stereocenters. The van der Waals surface area contributed by atoms with Crippen molar-refractivity contribution in [3.8, 4) is 0 Å². The number of carbonyl (C=O) groups is 1. The van der Waals surface area contributed by atoms with Gasteiger partial charge in [-0.15, -0.1) is 24.0 Å². The Hall–Kier alpha value is -1.38. The minimum atomic E-state index is -0.264. The molecule has 0 bridgehead atoms. The molecule has 0 aliphatic heterocycles. The molecule has 1 aliphatic rings. The molecule has 1 aromatic carbocycles. The first-order valence-electron chi connectivity index (χ1n) is 8.79. The first-order chi connectivity index (χ1) is 11.7. The summed E-state index contributed by atoms with van der Waals surface area (Å²) < 4.78 is 13.9. The van der Waals surface area contributed by atoms with E-state index in [1.807, 2.05) is 46.9 Å². The summed E-state index contributed by atoms with van der Waals surface area (Å²) in [4.78, 5) is 18.4. The number of nitrogens with zero attached hydrogens (tertiary/aromatic N) is 2. The van der Waals surface area contributed by atoms with Crippen molar-refractivity contribution in [2.24, 2.45) is 4.99 Å². The Kier molecular flexibility index (Phi) is 8.30. The second-order valence-electron chi connectivity index (χ2n) is 7.57. The van der Waals surface area contributed by atoms with Crippen LogP contribution in [0.1, 0.15) is 45.6 Å². The monoisotopic (exact) mass is 476 g/mol. The van der Waals surface area contributed by atoms with Crippen molar-refractivity contribution in [3.63, 3.8) is 0 Å². The van der Waals surface area contributed by atoms with Gasteiger partial charge in [0.1, 0.15) is 5.82 Å². The van der Waals surface area contributed by atoms with Crippen LogP contribution in [0.3, 0.4) is 0 Å². The van der Waals surface area contributed by atoms with Crippen LogP contribution in [0.2, 0.25) is 0 Å². The molecule has 7 heteroatoms. The van der Waals surface area contributed by atoms with E-state index in [4.69, 9.17) is 0 Å². The minimum Gasteiger partial charge on any atom is -0.353 e. The molecule has 146 valence electrons. The van der Waals surface area contributed by atoms with Gasteiger partial charge in [-0.1, -0.05) is 18.2 Å². The third-order valence-electron chi connectivity index (χ3n) is 3.97. The summed E-state index contributed by atoms with van der Waals surface area (Å²) in [6, 6.07) is 7.04. The normalized spacial score (nSPS) is 19.4. The average molecular weight is 476 g/mol. The first kappa shape index (κ1) is 22.7. The molecule has 2 rings (SSSR count). The highest BCUT2D eigenvalue weighted by atomic mass is 127. The van der Waals surface area contributed by atoms with E-state index >= 15 is 0 Å². The van der Waals surface area contributed by atoms with Crippen LogP contribution in [-0.2, 0) is 4.79 Å². The van der Waals surface area contributed by atoms with E-state index in [9.17, 15) is 9.18 Å². The topological polar surface area (TPSA) is 56.7 Å². The van der Waals surface area contributed by atoms with E-state index in [0.29, 0.717) is 12.5 Å². The maximum absolute atomic E-state index is 13.9. The molecule has 0 saturated heterocycles. The summed E-state index contributed by atoms with van der Waals surface area (Å²) in [7, 11) is 1.84. The summed E-state index contributed by atoms with van der Waals surface area (Å²) in [6.45, 7) is 8.64. The van der Waals surface area contributed by atoms with Crippen molar-refractivity contribution < 1.29 is 9.18 Å². The quantitative estimate of drug-likeness (QED) is 0.390. The molecule has 1 amide bonds. The number of guanidine groups is 1. The van der Waals surface area contributed by atoms with Crippen LogP contribution >= 0.6 is 24.0 Å². The molecule has 2 N–H and O–H groups in total. The van der Waals surface area contributed by atoms with Crippen LogP contribution in [-0.4, -0.2) is 48.5 Å². The smallest absolute Gasteiger partial charge is 0.240 e. The predicted octanol–water partition coefficient (Wildman–Crippen LogP) is 3.11. The number of carbonyl (C=O) groups excluding carboxylic acids is 1. The molecular weight excluding hydrogens is 446 g/mol. The maximum Gasteiger partial charge on any atom is 0.240 e. The molecule has 0 spiro atoms. The highest BCUT2D eigenvalue weighted by molar-refractivity contribution is 14.0. The van der Waals surface area contributed by atoms with Crippen LogP contribution in [0.25, 0.3) is 0 Å². The van der Waals surface area contributed by atoms with Gasteiger partial charge in [0.05, 0.1) is 6.54 Å². The molecule has 1 aromatic rings. The van der Waals surface area contributed by atoms with Crippen LogP contribution in [0.4, 0.5) is 4.39 Å². The molecule has 2 unspecified atom stereocenters. The van der Waals surface area contributed by atoms with E-state index in [-0.39, 0.29) is 59.7 Å². The predicted molar refractivity (Wildman–Crippen MR) is 115 cm³/mol. The van der Waals surface area contributed by atoms with E-state index in [0.717, 1.165) is 12.0 Å². The summed E-state index contributed by atoms with van der Waals surface area (Å²) >= 11 is 0. The lowest BCUT2D eigenvalue weighted by Gasteiger charge is -2.25. The van der Waals surface area contributed by atoms with Gasteiger partial charge in [-0.3, -0.25) is 9.79 Å². The molecule has 5 nitrogen and oxygen atoms in total. The number of benzene rings is 1. The second-order valence-corrected chi connectivity index (χ2v) is 7.57. The van der Waals surface area contributed by atoms with Gasteiger partial charge >= 0.3 is 0 Å². The molecule has 1 fully saturated rings. The van der Waals surface area contributed by atoms with Crippen LogP contribution < -0.4 is 10.6 Å². The van der Waals surface area contributed by atoms with Crippen molar-refractivity contribution in [2.45, 2.75) is 51.6 Å². The largest absolute Gasteiger partial charge is 0.353 e. The van der Waals surface area contributed by atoms with Gasteiger partial charge in [0.15, 0.2) is 5.96 Å². The fraction of sp³-hybridized carbons (Fsp3) is 0.579. The van der Waals surface area contributed by atoms with Crippen molar-refractivity contribution in [2.75, 3.05) is 20.1 Å².